The van der Waals surface area contributed by atoms with Crippen LogP contribution in [0.2, 0.25) is 0 Å². The van der Waals surface area contributed by atoms with E-state index in [4.69, 9.17) is 14.9 Å². The highest BCUT2D eigenvalue weighted by molar-refractivity contribution is 5.77. The second kappa shape index (κ2) is 5.53. The molecule has 0 aliphatic carbocycles. The zero-order valence-corrected chi connectivity index (χ0v) is 8.35. The first-order valence-corrected chi connectivity index (χ1v) is 4.72. The molecule has 1 fully saturated rings. The molecule has 8 nitrogen and oxygen atoms in total. The minimum absolute atomic E-state index is 0.573. The first-order valence-electron chi connectivity index (χ1n) is 4.72. The summed E-state index contributed by atoms with van der Waals surface area (Å²) < 4.78 is 4.78. The van der Waals surface area contributed by atoms with E-state index < -0.39 is 49.8 Å². The smallest absolute Gasteiger partial charge is 0.246 e. The summed E-state index contributed by atoms with van der Waals surface area (Å²) in [5, 5.41) is 47.8. The summed E-state index contributed by atoms with van der Waals surface area (Å²) in [6.07, 6.45) is -5.60. The molecule has 1 aliphatic rings. The third kappa shape index (κ3) is 2.67. The third-order valence-corrected chi connectivity index (χ3v) is 2.37. The fourth-order valence-electron chi connectivity index (χ4n) is 1.48. The van der Waals surface area contributed by atoms with Crippen molar-refractivity contribution in [3.63, 3.8) is 0 Å². The lowest BCUT2D eigenvalue weighted by molar-refractivity contribution is -0.254. The molecular formula is C8H15NO7. The van der Waals surface area contributed by atoms with E-state index in [1.807, 2.05) is 0 Å². The van der Waals surface area contributed by atoms with Crippen molar-refractivity contribution in [3.8, 4) is 0 Å². The number of hydrogen-bond acceptors (Lipinski definition) is 7. The number of rotatable bonds is 3. The Kier molecular flexibility index (Phi) is 4.59. The first kappa shape index (κ1) is 13.3. The van der Waals surface area contributed by atoms with Crippen molar-refractivity contribution in [2.45, 2.75) is 30.6 Å². The molecule has 1 saturated heterocycles. The largest absolute Gasteiger partial charge is 0.394 e. The number of amides is 1. The van der Waals surface area contributed by atoms with Gasteiger partial charge in [0.2, 0.25) is 5.91 Å². The summed E-state index contributed by atoms with van der Waals surface area (Å²) >= 11 is 0. The van der Waals surface area contributed by atoms with E-state index in [9.17, 15) is 20.1 Å². The summed E-state index contributed by atoms with van der Waals surface area (Å²) in [6.45, 7) is -1.38. The summed E-state index contributed by atoms with van der Waals surface area (Å²) in [7, 11) is 0. The van der Waals surface area contributed by atoms with Crippen LogP contribution in [0, 0.1) is 0 Å². The van der Waals surface area contributed by atoms with Crippen LogP contribution in [0.3, 0.4) is 0 Å². The molecule has 5 atom stereocenters. The number of aliphatic hydroxyl groups excluding tert-OH is 5. The lowest BCUT2D eigenvalue weighted by Gasteiger charge is -2.40. The minimum Gasteiger partial charge on any atom is -0.394 e. The standard InChI is InChI=1S/C8H15NO7/c10-1-3-6(13)7(14)5(8(15)16-3)9-4(12)2-11/h3,5-8,10-11,13-15H,1-2H2,(H,9,12)/t3?,5-,6+,7-,8+/m1/s1. The molecule has 8 heteroatoms. The van der Waals surface area contributed by atoms with Crippen molar-refractivity contribution in [2.24, 2.45) is 0 Å². The average Bonchev–Trinajstić information content (AvgIpc) is 2.28. The van der Waals surface area contributed by atoms with Crippen LogP contribution < -0.4 is 5.32 Å². The molecule has 1 rings (SSSR count). The van der Waals surface area contributed by atoms with E-state index in [2.05, 4.69) is 5.32 Å². The number of nitrogens with one attached hydrogen (secondary N) is 1. The third-order valence-electron chi connectivity index (χ3n) is 2.37. The van der Waals surface area contributed by atoms with Crippen LogP contribution in [0.25, 0.3) is 0 Å². The van der Waals surface area contributed by atoms with E-state index in [1.54, 1.807) is 0 Å². The molecule has 94 valence electrons. The number of hydrogen-bond donors (Lipinski definition) is 6. The Bertz CT molecular complexity index is 249. The van der Waals surface area contributed by atoms with Gasteiger partial charge in [-0.25, -0.2) is 0 Å². The van der Waals surface area contributed by atoms with Gasteiger partial charge in [-0.3, -0.25) is 4.79 Å². The molecule has 0 aromatic carbocycles. The molecule has 0 spiro atoms. The van der Waals surface area contributed by atoms with Crippen LogP contribution >= 0.6 is 0 Å². The van der Waals surface area contributed by atoms with E-state index in [1.165, 1.54) is 0 Å². The van der Waals surface area contributed by atoms with Gasteiger partial charge in [-0.1, -0.05) is 0 Å². The molecule has 0 saturated carbocycles. The molecule has 1 unspecified atom stereocenters. The average molecular weight is 237 g/mol. The highest BCUT2D eigenvalue weighted by atomic mass is 16.6. The van der Waals surface area contributed by atoms with Crippen LogP contribution in [0.1, 0.15) is 0 Å². The molecule has 0 bridgehead atoms. The van der Waals surface area contributed by atoms with Crippen molar-refractivity contribution in [1.29, 1.82) is 0 Å². The van der Waals surface area contributed by atoms with Gasteiger partial charge in [-0.2, -0.15) is 0 Å². The molecule has 16 heavy (non-hydrogen) atoms. The Balaban J connectivity index is 2.67. The SMILES string of the molecule is O=C(CO)N[C@@H]1[C@@H](O)[C@@H](O)C(CO)O[C@@H]1O. The Morgan fingerprint density at radius 1 is 1.19 bits per heavy atom. The normalized spacial score (nSPS) is 39.4. The zero-order chi connectivity index (χ0) is 12.3. The van der Waals surface area contributed by atoms with Crippen molar-refractivity contribution in [3.05, 3.63) is 0 Å². The van der Waals surface area contributed by atoms with Crippen LogP contribution in [-0.4, -0.2) is 75.3 Å². The lowest BCUT2D eigenvalue weighted by Crippen LogP contribution is -2.64. The maximum Gasteiger partial charge on any atom is 0.246 e. The predicted octanol–water partition coefficient (Wildman–Crippen LogP) is -4.11. The maximum absolute atomic E-state index is 10.9. The van der Waals surface area contributed by atoms with Gasteiger partial charge in [0.25, 0.3) is 0 Å². The van der Waals surface area contributed by atoms with Gasteiger partial charge in [0, 0.05) is 0 Å². The van der Waals surface area contributed by atoms with Gasteiger partial charge >= 0.3 is 0 Å². The fourth-order valence-corrected chi connectivity index (χ4v) is 1.48. The minimum atomic E-state index is -1.56. The van der Waals surface area contributed by atoms with Gasteiger partial charge in [0.05, 0.1) is 6.61 Å². The van der Waals surface area contributed by atoms with E-state index in [0.29, 0.717) is 0 Å². The summed E-state index contributed by atoms with van der Waals surface area (Å²) in [4.78, 5) is 10.9. The van der Waals surface area contributed by atoms with Gasteiger partial charge < -0.3 is 35.6 Å². The van der Waals surface area contributed by atoms with Crippen LogP contribution in [0.15, 0.2) is 0 Å². The van der Waals surface area contributed by atoms with Crippen molar-refractivity contribution < 1.29 is 35.1 Å². The molecule has 0 aromatic heterocycles. The first-order chi connectivity index (χ1) is 7.51. The Hall–Kier alpha value is -0.770. The molecule has 1 amide bonds. The van der Waals surface area contributed by atoms with Crippen LogP contribution in [0.5, 0.6) is 0 Å². The molecule has 1 heterocycles. The molecule has 0 aromatic rings. The molecule has 0 radical (unpaired) electrons. The monoisotopic (exact) mass is 237 g/mol. The number of aliphatic hydroxyl groups is 5. The second-order valence-electron chi connectivity index (χ2n) is 3.48. The molecule has 6 N–H and O–H groups in total. The fraction of sp³-hybridized carbons (Fsp3) is 0.875. The maximum atomic E-state index is 10.9. The van der Waals surface area contributed by atoms with Gasteiger partial charge in [0.15, 0.2) is 6.29 Å². The number of ether oxygens (including phenoxy) is 1. The van der Waals surface area contributed by atoms with E-state index in [0.717, 1.165) is 0 Å². The van der Waals surface area contributed by atoms with E-state index >= 15 is 0 Å². The Labute approximate surface area is 91.1 Å². The lowest BCUT2D eigenvalue weighted by atomic mass is 9.97. The van der Waals surface area contributed by atoms with Gasteiger partial charge in [-0.05, 0) is 0 Å². The summed E-state index contributed by atoms with van der Waals surface area (Å²) in [6, 6.07) is -1.25. The van der Waals surface area contributed by atoms with Crippen molar-refractivity contribution in [1.82, 2.24) is 5.32 Å². The van der Waals surface area contributed by atoms with Crippen molar-refractivity contribution >= 4 is 5.91 Å². The predicted molar refractivity (Wildman–Crippen MR) is 49.0 cm³/mol. The van der Waals surface area contributed by atoms with Crippen LogP contribution in [0.4, 0.5) is 0 Å². The highest BCUT2D eigenvalue weighted by Crippen LogP contribution is 2.19. The molecule has 1 aliphatic heterocycles. The number of carbonyl (C=O) groups is 1. The number of carbonyl (C=O) groups excluding carboxylic acids is 1. The Morgan fingerprint density at radius 2 is 1.81 bits per heavy atom. The van der Waals surface area contributed by atoms with Crippen LogP contribution in [-0.2, 0) is 9.53 Å². The summed E-state index contributed by atoms with van der Waals surface area (Å²) in [5.41, 5.74) is 0. The van der Waals surface area contributed by atoms with Gasteiger partial charge in [-0.15, -0.1) is 0 Å². The zero-order valence-electron chi connectivity index (χ0n) is 8.35. The quantitative estimate of drug-likeness (QED) is 0.293. The van der Waals surface area contributed by atoms with Crippen molar-refractivity contribution in [2.75, 3.05) is 13.2 Å². The highest BCUT2D eigenvalue weighted by Gasteiger charge is 2.44. The second-order valence-corrected chi connectivity index (χ2v) is 3.48. The van der Waals surface area contributed by atoms with E-state index in [-0.39, 0.29) is 0 Å². The van der Waals surface area contributed by atoms with Gasteiger partial charge in [0.1, 0.15) is 31.0 Å². The molecular weight excluding hydrogens is 222 g/mol. The Morgan fingerprint density at radius 3 is 2.31 bits per heavy atom. The summed E-state index contributed by atoms with van der Waals surface area (Å²) in [5.74, 6) is -0.818. The topological polar surface area (TPSA) is 139 Å².